The molecule has 26 heavy (non-hydrogen) atoms. The van der Waals surface area contributed by atoms with Gasteiger partial charge in [-0.05, 0) is 98.7 Å². The highest BCUT2D eigenvalue weighted by Gasteiger charge is 2.64. The number of aliphatic carboxylic acids is 1. The van der Waals surface area contributed by atoms with Gasteiger partial charge in [0.25, 0.3) is 0 Å². The van der Waals surface area contributed by atoms with Gasteiger partial charge in [0.15, 0.2) is 0 Å². The van der Waals surface area contributed by atoms with Crippen molar-refractivity contribution >= 4 is 5.97 Å². The number of hydrogen-bond acceptors (Lipinski definition) is 2. The number of carbonyl (C=O) groups is 1. The van der Waals surface area contributed by atoms with Crippen LogP contribution in [0.5, 0.6) is 0 Å². The van der Waals surface area contributed by atoms with Crippen molar-refractivity contribution in [3.8, 4) is 0 Å². The molecule has 0 radical (unpaired) electrons. The van der Waals surface area contributed by atoms with E-state index in [1.165, 1.54) is 25.7 Å². The Morgan fingerprint density at radius 3 is 2.58 bits per heavy atom. The fraction of sp³-hybridized carbons (Fsp3) is 0.870. The molecule has 4 saturated carbocycles. The lowest BCUT2D eigenvalue weighted by Crippen LogP contribution is -2.58. The highest BCUT2D eigenvalue weighted by atomic mass is 16.4. The minimum atomic E-state index is -0.568. The Balaban J connectivity index is 1.66. The molecule has 3 heteroatoms. The zero-order valence-electron chi connectivity index (χ0n) is 16.5. The van der Waals surface area contributed by atoms with Crippen LogP contribution in [0.1, 0.15) is 71.6 Å². The molecule has 3 nitrogen and oxygen atoms in total. The number of hydrogen-bond donors (Lipinski definition) is 2. The molecule has 0 aromatic rings. The standard InChI is InChI=1S/C23H36O3/c1-4-14(2)18-7-8-19-17-6-5-15-13-16(24)9-12-23(15,21(25)26)20(17)10-11-22(18,19)3/h4,14-20,24H,1,5-13H2,2-3H3,(H,25,26)/t14-,15?,16?,17+,18-,19+,20+,22-,23-/m1/s1. The van der Waals surface area contributed by atoms with Gasteiger partial charge in [-0.25, -0.2) is 0 Å². The minimum absolute atomic E-state index is 0.179. The summed E-state index contributed by atoms with van der Waals surface area (Å²) in [5.41, 5.74) is -0.207. The predicted molar refractivity (Wildman–Crippen MR) is 103 cm³/mol. The Morgan fingerprint density at radius 1 is 1.12 bits per heavy atom. The summed E-state index contributed by atoms with van der Waals surface area (Å²) in [4.78, 5) is 12.6. The monoisotopic (exact) mass is 360 g/mol. The summed E-state index contributed by atoms with van der Waals surface area (Å²) >= 11 is 0. The Hall–Kier alpha value is -0.830. The molecule has 4 rings (SSSR count). The summed E-state index contributed by atoms with van der Waals surface area (Å²) in [6.07, 6.45) is 10.9. The second-order valence-electron chi connectivity index (χ2n) is 10.2. The van der Waals surface area contributed by atoms with Crippen LogP contribution in [0, 0.1) is 46.3 Å². The molecule has 4 fully saturated rings. The molecule has 2 unspecified atom stereocenters. The van der Waals surface area contributed by atoms with Gasteiger partial charge in [-0.1, -0.05) is 19.9 Å². The van der Waals surface area contributed by atoms with E-state index in [1.54, 1.807) is 0 Å². The van der Waals surface area contributed by atoms with E-state index in [-0.39, 0.29) is 12.0 Å². The van der Waals surface area contributed by atoms with Gasteiger partial charge < -0.3 is 10.2 Å². The van der Waals surface area contributed by atoms with Crippen LogP contribution in [0.25, 0.3) is 0 Å². The molecule has 0 saturated heterocycles. The number of carboxylic acids is 1. The Bertz CT molecular complexity index is 586. The number of aliphatic hydroxyl groups is 1. The maximum Gasteiger partial charge on any atom is 0.310 e. The van der Waals surface area contributed by atoms with Crippen LogP contribution in [0.15, 0.2) is 12.7 Å². The maximum atomic E-state index is 12.6. The lowest BCUT2D eigenvalue weighted by atomic mass is 9.44. The molecular formula is C23H36O3. The van der Waals surface area contributed by atoms with E-state index in [1.807, 2.05) is 0 Å². The molecule has 4 aliphatic rings. The molecular weight excluding hydrogens is 324 g/mol. The fourth-order valence-electron chi connectivity index (χ4n) is 8.36. The third-order valence-electron chi connectivity index (χ3n) is 9.60. The number of fused-ring (bicyclic) bond motifs is 5. The summed E-state index contributed by atoms with van der Waals surface area (Å²) in [5.74, 6) is 2.44. The first-order chi connectivity index (χ1) is 12.3. The molecule has 2 N–H and O–H groups in total. The SMILES string of the molecule is C=C[C@@H](C)[C@H]1CC[C@H]2[C@@H]3CCC4CC(O)CC[C@]4(C(=O)O)[C@H]3CC[C@]12C. The summed E-state index contributed by atoms with van der Waals surface area (Å²) in [6.45, 7) is 8.86. The van der Waals surface area contributed by atoms with Gasteiger partial charge in [-0.3, -0.25) is 4.79 Å². The van der Waals surface area contributed by atoms with Crippen LogP contribution in [0.3, 0.4) is 0 Å². The lowest BCUT2D eigenvalue weighted by molar-refractivity contribution is -0.184. The molecule has 4 aliphatic carbocycles. The summed E-state index contributed by atoms with van der Waals surface area (Å²) in [5, 5.41) is 20.5. The van der Waals surface area contributed by atoms with Crippen molar-refractivity contribution in [2.24, 2.45) is 46.3 Å². The average Bonchev–Trinajstić information content (AvgIpc) is 2.97. The van der Waals surface area contributed by atoms with Crippen LogP contribution >= 0.6 is 0 Å². The van der Waals surface area contributed by atoms with E-state index in [0.29, 0.717) is 54.3 Å². The van der Waals surface area contributed by atoms with Gasteiger partial charge in [0.05, 0.1) is 11.5 Å². The topological polar surface area (TPSA) is 57.5 Å². The Labute approximate surface area is 158 Å². The molecule has 9 atom stereocenters. The first-order valence-electron chi connectivity index (χ1n) is 10.9. The van der Waals surface area contributed by atoms with Crippen LogP contribution in [-0.4, -0.2) is 22.3 Å². The lowest BCUT2D eigenvalue weighted by Gasteiger charge is -2.60. The van der Waals surface area contributed by atoms with E-state index >= 15 is 0 Å². The highest BCUT2D eigenvalue weighted by Crippen LogP contribution is 2.68. The third kappa shape index (κ3) is 2.38. The smallest absolute Gasteiger partial charge is 0.310 e. The number of allylic oxidation sites excluding steroid dienone is 1. The molecule has 0 amide bonds. The van der Waals surface area contributed by atoms with Crippen molar-refractivity contribution in [3.05, 3.63) is 12.7 Å². The van der Waals surface area contributed by atoms with Gasteiger partial charge in [0.1, 0.15) is 0 Å². The van der Waals surface area contributed by atoms with Crippen molar-refractivity contribution < 1.29 is 15.0 Å². The quantitative estimate of drug-likeness (QED) is 0.704. The molecule has 0 spiro atoms. The van der Waals surface area contributed by atoms with Crippen LogP contribution in [0.4, 0.5) is 0 Å². The summed E-state index contributed by atoms with van der Waals surface area (Å²) in [6, 6.07) is 0. The van der Waals surface area contributed by atoms with E-state index in [0.717, 1.165) is 12.8 Å². The fourth-order valence-corrected chi connectivity index (χ4v) is 8.36. The van der Waals surface area contributed by atoms with E-state index in [9.17, 15) is 15.0 Å². The first kappa shape index (κ1) is 18.5. The number of carboxylic acid groups (broad SMARTS) is 1. The van der Waals surface area contributed by atoms with Crippen LogP contribution < -0.4 is 0 Å². The van der Waals surface area contributed by atoms with Gasteiger partial charge in [-0.2, -0.15) is 0 Å². The normalized spacial score (nSPS) is 51.7. The minimum Gasteiger partial charge on any atom is -0.481 e. The zero-order valence-corrected chi connectivity index (χ0v) is 16.5. The van der Waals surface area contributed by atoms with E-state index in [2.05, 4.69) is 26.5 Å². The summed E-state index contributed by atoms with van der Waals surface area (Å²) < 4.78 is 0. The van der Waals surface area contributed by atoms with Crippen molar-refractivity contribution in [1.82, 2.24) is 0 Å². The molecule has 0 aromatic heterocycles. The molecule has 0 aromatic carbocycles. The first-order valence-corrected chi connectivity index (χ1v) is 10.9. The largest absolute Gasteiger partial charge is 0.481 e. The van der Waals surface area contributed by atoms with E-state index in [4.69, 9.17) is 0 Å². The van der Waals surface area contributed by atoms with Crippen molar-refractivity contribution in [1.29, 1.82) is 0 Å². The van der Waals surface area contributed by atoms with Crippen LogP contribution in [-0.2, 0) is 4.79 Å². The number of rotatable bonds is 3. The second kappa shape index (κ2) is 6.36. The molecule has 146 valence electrons. The second-order valence-corrected chi connectivity index (χ2v) is 10.2. The molecule has 0 bridgehead atoms. The Morgan fingerprint density at radius 2 is 1.88 bits per heavy atom. The van der Waals surface area contributed by atoms with Gasteiger partial charge in [0, 0.05) is 0 Å². The molecule has 0 aliphatic heterocycles. The van der Waals surface area contributed by atoms with Crippen molar-refractivity contribution in [2.75, 3.05) is 0 Å². The average molecular weight is 361 g/mol. The summed E-state index contributed by atoms with van der Waals surface area (Å²) in [7, 11) is 0. The highest BCUT2D eigenvalue weighted by molar-refractivity contribution is 5.76. The number of aliphatic hydroxyl groups excluding tert-OH is 1. The van der Waals surface area contributed by atoms with Crippen molar-refractivity contribution in [3.63, 3.8) is 0 Å². The third-order valence-corrected chi connectivity index (χ3v) is 9.60. The van der Waals surface area contributed by atoms with Gasteiger partial charge >= 0.3 is 5.97 Å². The zero-order chi connectivity index (χ0) is 18.7. The van der Waals surface area contributed by atoms with E-state index < -0.39 is 11.4 Å². The van der Waals surface area contributed by atoms with Crippen LogP contribution in [0.2, 0.25) is 0 Å². The molecule has 0 heterocycles. The Kier molecular flexibility index (Phi) is 4.53. The maximum absolute atomic E-state index is 12.6. The van der Waals surface area contributed by atoms with Gasteiger partial charge in [0.2, 0.25) is 0 Å². The van der Waals surface area contributed by atoms with Crippen molar-refractivity contribution in [2.45, 2.75) is 77.7 Å². The predicted octanol–water partition coefficient (Wildman–Crippen LogP) is 4.89. The van der Waals surface area contributed by atoms with Gasteiger partial charge in [-0.15, -0.1) is 6.58 Å².